The Bertz CT molecular complexity index is 588. The van der Waals surface area contributed by atoms with Crippen LogP contribution in [0.5, 0.6) is 0 Å². The normalized spacial score (nSPS) is 14.9. The summed E-state index contributed by atoms with van der Waals surface area (Å²) in [7, 11) is 0. The van der Waals surface area contributed by atoms with E-state index >= 15 is 0 Å². The maximum absolute atomic E-state index is 12.6. The molecule has 0 spiro atoms. The number of hydrogen-bond acceptors (Lipinski definition) is 3. The van der Waals surface area contributed by atoms with Gasteiger partial charge in [0.05, 0.1) is 12.5 Å². The molecule has 156 valence electrons. The van der Waals surface area contributed by atoms with Gasteiger partial charge in [0.1, 0.15) is 0 Å². The lowest BCUT2D eigenvalue weighted by atomic mass is 9.96. The molecule has 0 atom stereocenters. The first kappa shape index (κ1) is 22.4. The summed E-state index contributed by atoms with van der Waals surface area (Å²) in [6.07, 6.45) is 11.3. The smallest absolute Gasteiger partial charge is 0.309 e. The van der Waals surface area contributed by atoms with Gasteiger partial charge in [-0.05, 0) is 38.3 Å². The average molecular weight is 388 g/mol. The van der Waals surface area contributed by atoms with E-state index < -0.39 is 0 Å². The van der Waals surface area contributed by atoms with Crippen molar-refractivity contribution in [3.8, 4) is 0 Å². The first-order chi connectivity index (χ1) is 13.6. The highest BCUT2D eigenvalue weighted by Gasteiger charge is 2.28. The van der Waals surface area contributed by atoms with Crippen LogP contribution in [0.3, 0.4) is 0 Å². The fourth-order valence-corrected chi connectivity index (χ4v) is 3.72. The maximum Gasteiger partial charge on any atom is 0.309 e. The molecule has 1 aromatic rings. The van der Waals surface area contributed by atoms with Crippen molar-refractivity contribution in [1.29, 1.82) is 0 Å². The van der Waals surface area contributed by atoms with Gasteiger partial charge in [0, 0.05) is 18.7 Å². The monoisotopic (exact) mass is 387 g/mol. The summed E-state index contributed by atoms with van der Waals surface area (Å²) in [5, 5.41) is 0. The summed E-state index contributed by atoms with van der Waals surface area (Å²) >= 11 is 0. The van der Waals surface area contributed by atoms with Gasteiger partial charge in [-0.25, -0.2) is 0 Å². The molecule has 0 aliphatic carbocycles. The summed E-state index contributed by atoms with van der Waals surface area (Å²) in [5.41, 5.74) is 1.87. The van der Waals surface area contributed by atoms with Crippen molar-refractivity contribution in [1.82, 2.24) is 4.90 Å². The standard InChI is InChI=1S/C24H37NO3/c1-3-4-5-6-7-8-9-10-19-28-24(27)22-15-17-25(18-16-22)23(26)21-13-11-20(2)12-14-21/h11-14,22H,3-10,15-19H2,1-2H3. The summed E-state index contributed by atoms with van der Waals surface area (Å²) < 4.78 is 5.48. The Hall–Kier alpha value is -1.84. The topological polar surface area (TPSA) is 46.6 Å². The molecule has 28 heavy (non-hydrogen) atoms. The van der Waals surface area contributed by atoms with E-state index in [1.165, 1.54) is 38.5 Å². The molecule has 1 fully saturated rings. The molecule has 1 aromatic carbocycles. The SMILES string of the molecule is CCCCCCCCCCOC(=O)C1CCN(C(=O)c2ccc(C)cc2)CC1. The summed E-state index contributed by atoms with van der Waals surface area (Å²) in [5.74, 6) is -0.0766. The first-order valence-electron chi connectivity index (χ1n) is 11.1. The summed E-state index contributed by atoms with van der Waals surface area (Å²) in [6, 6.07) is 7.68. The zero-order valence-electron chi connectivity index (χ0n) is 17.8. The zero-order chi connectivity index (χ0) is 20.2. The van der Waals surface area contributed by atoms with E-state index in [0.717, 1.165) is 24.0 Å². The van der Waals surface area contributed by atoms with Crippen LogP contribution in [0.2, 0.25) is 0 Å². The third-order valence-electron chi connectivity index (χ3n) is 5.66. The molecule has 2 rings (SSSR count). The van der Waals surface area contributed by atoms with Crippen molar-refractivity contribution >= 4 is 11.9 Å². The summed E-state index contributed by atoms with van der Waals surface area (Å²) in [4.78, 5) is 26.7. The van der Waals surface area contributed by atoms with Crippen LogP contribution in [-0.4, -0.2) is 36.5 Å². The number of benzene rings is 1. The lowest BCUT2D eigenvalue weighted by Gasteiger charge is -2.31. The molecule has 0 N–H and O–H groups in total. The number of carbonyl (C=O) groups excluding carboxylic acids is 2. The van der Waals surface area contributed by atoms with Crippen LogP contribution in [0.1, 0.15) is 87.1 Å². The Morgan fingerprint density at radius 3 is 2.11 bits per heavy atom. The predicted molar refractivity (Wildman–Crippen MR) is 113 cm³/mol. The van der Waals surface area contributed by atoms with Gasteiger partial charge < -0.3 is 9.64 Å². The Labute approximate surface area is 170 Å². The Kier molecular flexibility index (Phi) is 10.1. The number of likely N-dealkylation sites (tertiary alicyclic amines) is 1. The van der Waals surface area contributed by atoms with Gasteiger partial charge in [-0.1, -0.05) is 69.6 Å². The number of rotatable bonds is 11. The van der Waals surface area contributed by atoms with Crippen molar-refractivity contribution in [2.75, 3.05) is 19.7 Å². The van der Waals surface area contributed by atoms with Crippen molar-refractivity contribution in [3.05, 3.63) is 35.4 Å². The number of amides is 1. The number of aryl methyl sites for hydroxylation is 1. The predicted octanol–water partition coefficient (Wildman–Crippen LogP) is 5.53. The molecular formula is C24H37NO3. The van der Waals surface area contributed by atoms with Gasteiger partial charge in [-0.3, -0.25) is 9.59 Å². The molecule has 1 aliphatic heterocycles. The van der Waals surface area contributed by atoms with E-state index in [2.05, 4.69) is 6.92 Å². The highest BCUT2D eigenvalue weighted by Crippen LogP contribution is 2.21. The van der Waals surface area contributed by atoms with Crippen LogP contribution >= 0.6 is 0 Å². The van der Waals surface area contributed by atoms with Crippen LogP contribution in [0.25, 0.3) is 0 Å². The van der Waals surface area contributed by atoms with Crippen molar-refractivity contribution in [3.63, 3.8) is 0 Å². The van der Waals surface area contributed by atoms with E-state index in [9.17, 15) is 9.59 Å². The highest BCUT2D eigenvalue weighted by molar-refractivity contribution is 5.94. The molecule has 0 bridgehead atoms. The van der Waals surface area contributed by atoms with E-state index in [-0.39, 0.29) is 17.8 Å². The Balaban J connectivity index is 1.57. The van der Waals surface area contributed by atoms with E-state index in [4.69, 9.17) is 4.74 Å². The van der Waals surface area contributed by atoms with Crippen LogP contribution in [0, 0.1) is 12.8 Å². The van der Waals surface area contributed by atoms with Crippen molar-refractivity contribution in [2.24, 2.45) is 5.92 Å². The maximum atomic E-state index is 12.6. The lowest BCUT2D eigenvalue weighted by molar-refractivity contribution is -0.150. The third kappa shape index (κ3) is 7.65. The third-order valence-corrected chi connectivity index (χ3v) is 5.66. The highest BCUT2D eigenvalue weighted by atomic mass is 16.5. The number of esters is 1. The molecule has 4 nitrogen and oxygen atoms in total. The van der Waals surface area contributed by atoms with Crippen LogP contribution in [-0.2, 0) is 9.53 Å². The van der Waals surface area contributed by atoms with E-state index in [1.54, 1.807) is 0 Å². The molecule has 1 heterocycles. The van der Waals surface area contributed by atoms with Crippen molar-refractivity contribution < 1.29 is 14.3 Å². The van der Waals surface area contributed by atoms with Gasteiger partial charge in [0.25, 0.3) is 5.91 Å². The lowest BCUT2D eigenvalue weighted by Crippen LogP contribution is -2.40. The second-order valence-electron chi connectivity index (χ2n) is 8.07. The Morgan fingerprint density at radius 2 is 1.50 bits per heavy atom. The number of nitrogens with zero attached hydrogens (tertiary/aromatic N) is 1. The second-order valence-corrected chi connectivity index (χ2v) is 8.07. The molecule has 0 saturated carbocycles. The number of hydrogen-bond donors (Lipinski definition) is 0. The molecule has 0 aromatic heterocycles. The molecular weight excluding hydrogens is 350 g/mol. The second kappa shape index (κ2) is 12.6. The molecule has 4 heteroatoms. The molecule has 1 saturated heterocycles. The van der Waals surface area contributed by atoms with Gasteiger partial charge in [-0.2, -0.15) is 0 Å². The average Bonchev–Trinajstić information content (AvgIpc) is 2.72. The molecule has 1 amide bonds. The number of carbonyl (C=O) groups is 2. The van der Waals surface area contributed by atoms with Gasteiger partial charge in [0.2, 0.25) is 0 Å². The van der Waals surface area contributed by atoms with E-state index in [0.29, 0.717) is 32.5 Å². The molecule has 0 unspecified atom stereocenters. The van der Waals surface area contributed by atoms with Crippen LogP contribution in [0.4, 0.5) is 0 Å². The fourth-order valence-electron chi connectivity index (χ4n) is 3.72. The zero-order valence-corrected chi connectivity index (χ0v) is 17.8. The number of ether oxygens (including phenoxy) is 1. The molecule has 1 aliphatic rings. The van der Waals surface area contributed by atoms with E-state index in [1.807, 2.05) is 36.1 Å². The fraction of sp³-hybridized carbons (Fsp3) is 0.667. The quantitative estimate of drug-likeness (QED) is 0.370. The van der Waals surface area contributed by atoms with Gasteiger partial charge in [-0.15, -0.1) is 0 Å². The minimum absolute atomic E-state index is 0.0592. The van der Waals surface area contributed by atoms with Crippen molar-refractivity contribution in [2.45, 2.75) is 78.1 Å². The first-order valence-corrected chi connectivity index (χ1v) is 11.1. The minimum atomic E-state index is -0.0784. The largest absolute Gasteiger partial charge is 0.465 e. The van der Waals surface area contributed by atoms with Gasteiger partial charge >= 0.3 is 5.97 Å². The minimum Gasteiger partial charge on any atom is -0.465 e. The summed E-state index contributed by atoms with van der Waals surface area (Å²) in [6.45, 7) is 6.05. The number of piperidine rings is 1. The van der Waals surface area contributed by atoms with Crippen LogP contribution in [0.15, 0.2) is 24.3 Å². The van der Waals surface area contributed by atoms with Gasteiger partial charge in [0.15, 0.2) is 0 Å². The molecule has 0 radical (unpaired) electrons. The van der Waals surface area contributed by atoms with Crippen LogP contribution < -0.4 is 0 Å². The number of unbranched alkanes of at least 4 members (excludes halogenated alkanes) is 7. The Morgan fingerprint density at radius 1 is 0.929 bits per heavy atom.